The van der Waals surface area contributed by atoms with Gasteiger partial charge in [0.25, 0.3) is 0 Å². The van der Waals surface area contributed by atoms with Gasteiger partial charge in [-0.1, -0.05) is 25.5 Å². The van der Waals surface area contributed by atoms with Crippen LogP contribution in [0.5, 0.6) is 0 Å². The molecule has 0 radical (unpaired) electrons. The highest BCUT2D eigenvalue weighted by Crippen LogP contribution is 2.42. The second-order valence-electron chi connectivity index (χ2n) is 10.8. The maximum atomic E-state index is 12.3. The molecular formula is C29H45NO7. The fourth-order valence-corrected chi connectivity index (χ4v) is 5.75. The molecule has 4 unspecified atom stereocenters. The normalized spacial score (nSPS) is 28.6. The highest BCUT2D eigenvalue weighted by molar-refractivity contribution is 5.88. The number of carbonyl (C=O) groups is 4. The summed E-state index contributed by atoms with van der Waals surface area (Å²) in [5.74, 6) is -2.69. The Morgan fingerprint density at radius 1 is 1.00 bits per heavy atom. The van der Waals surface area contributed by atoms with E-state index in [1.165, 1.54) is 0 Å². The predicted octanol–water partition coefficient (Wildman–Crippen LogP) is 4.16. The number of ether oxygens (including phenoxy) is 1. The van der Waals surface area contributed by atoms with Crippen LogP contribution < -0.4 is 0 Å². The summed E-state index contributed by atoms with van der Waals surface area (Å²) in [6.45, 7) is 9.95. The molecule has 0 aromatic rings. The van der Waals surface area contributed by atoms with Crippen molar-refractivity contribution < 1.29 is 34.1 Å². The molecule has 3 rings (SSSR count). The molecule has 2 saturated carbocycles. The van der Waals surface area contributed by atoms with Crippen LogP contribution in [0.15, 0.2) is 25.3 Å². The Morgan fingerprint density at radius 3 is 2.19 bits per heavy atom. The molecule has 3 fully saturated rings. The van der Waals surface area contributed by atoms with Crippen LogP contribution >= 0.6 is 0 Å². The number of aliphatic carboxylic acids is 1. The fourth-order valence-electron chi connectivity index (χ4n) is 5.75. The van der Waals surface area contributed by atoms with E-state index in [0.717, 1.165) is 57.9 Å². The van der Waals surface area contributed by atoms with Crippen LogP contribution in [0.3, 0.4) is 0 Å². The lowest BCUT2D eigenvalue weighted by molar-refractivity contribution is -0.155. The zero-order valence-corrected chi connectivity index (χ0v) is 22.5. The van der Waals surface area contributed by atoms with Gasteiger partial charge in [-0.15, -0.1) is 13.2 Å². The number of nitrogens with zero attached hydrogens (tertiary/aromatic N) is 1. The van der Waals surface area contributed by atoms with Crippen LogP contribution in [0.4, 0.5) is 0 Å². The Morgan fingerprint density at radius 2 is 1.62 bits per heavy atom. The van der Waals surface area contributed by atoms with E-state index in [0.29, 0.717) is 12.8 Å². The molecule has 1 aliphatic heterocycles. The summed E-state index contributed by atoms with van der Waals surface area (Å²) in [6.07, 6.45) is 11.8. The summed E-state index contributed by atoms with van der Waals surface area (Å²) in [7, 11) is 1.83. The summed E-state index contributed by atoms with van der Waals surface area (Å²) in [6, 6.07) is 0. The topological polar surface area (TPSA) is 121 Å². The molecule has 3 aliphatic rings. The number of carboxylic acid groups (broad SMARTS) is 1. The number of ketones is 1. The first-order valence-corrected chi connectivity index (χ1v) is 13.7. The predicted molar refractivity (Wildman–Crippen MR) is 140 cm³/mol. The van der Waals surface area contributed by atoms with Gasteiger partial charge in [-0.05, 0) is 64.2 Å². The molecule has 1 amide bonds. The third-order valence-electron chi connectivity index (χ3n) is 7.95. The Balaban J connectivity index is 0.000000260. The molecule has 1 saturated heterocycles. The van der Waals surface area contributed by atoms with Gasteiger partial charge in [0.15, 0.2) is 0 Å². The number of aliphatic hydroxyl groups excluding tert-OH is 1. The van der Waals surface area contributed by atoms with Gasteiger partial charge >= 0.3 is 11.9 Å². The van der Waals surface area contributed by atoms with Crippen molar-refractivity contribution in [1.29, 1.82) is 0 Å². The number of amides is 1. The highest BCUT2D eigenvalue weighted by Gasteiger charge is 2.51. The molecule has 7 atom stereocenters. The molecule has 2 aliphatic carbocycles. The molecular weight excluding hydrogens is 474 g/mol. The maximum absolute atomic E-state index is 12.3. The summed E-state index contributed by atoms with van der Waals surface area (Å²) >= 11 is 0. The first kappa shape index (κ1) is 30.7. The van der Waals surface area contributed by atoms with E-state index >= 15 is 0 Å². The number of hydrogen-bond acceptors (Lipinski definition) is 6. The number of carboxylic acids is 1. The molecule has 8 nitrogen and oxygen atoms in total. The lowest BCUT2D eigenvalue weighted by atomic mass is 9.84. The van der Waals surface area contributed by atoms with Gasteiger partial charge in [0.05, 0.1) is 23.9 Å². The molecule has 208 valence electrons. The number of aliphatic hydroxyl groups is 1. The molecule has 2 N–H and O–H groups in total. The van der Waals surface area contributed by atoms with Crippen molar-refractivity contribution in [2.45, 2.75) is 89.8 Å². The minimum Gasteiger partial charge on any atom is -0.481 e. The van der Waals surface area contributed by atoms with Crippen LogP contribution in [-0.2, 0) is 23.9 Å². The van der Waals surface area contributed by atoms with Crippen molar-refractivity contribution in [1.82, 2.24) is 4.90 Å². The number of esters is 1. The summed E-state index contributed by atoms with van der Waals surface area (Å²) in [5, 5.41) is 18.7. The Hall–Kier alpha value is -2.48. The molecule has 8 heteroatoms. The number of rotatable bonds is 14. The lowest BCUT2D eigenvalue weighted by Crippen LogP contribution is -2.39. The third kappa shape index (κ3) is 8.80. The maximum Gasteiger partial charge on any atom is 0.310 e. The average Bonchev–Trinajstić information content (AvgIpc) is 3.57. The van der Waals surface area contributed by atoms with E-state index in [9.17, 15) is 24.3 Å². The standard InChI is InChI=1S/C15H24O4.C14H21NO3/c1-3-4-5-6-7-10(2)14(17)12-8-11(16)9-13(12)15(18)19;1-3-4-5-6-7-15(2)13(16)11-8-10-9-12(11)14(17)18-10/h3,10-13,16H,1,4-9H2,2H3,(H,18,19);3,10-12H,1,4-9H2,2H3/t10?,11-,12-,13-;/m1./s1. The number of Topliss-reactive ketones (excluding diaryl/α,β-unsaturated/α-hetero) is 1. The molecule has 2 bridgehead atoms. The largest absolute Gasteiger partial charge is 0.481 e. The minimum absolute atomic E-state index is 0.00236. The van der Waals surface area contributed by atoms with Gasteiger partial charge in [0.1, 0.15) is 11.9 Å². The number of allylic oxidation sites excluding steroid dienone is 2. The van der Waals surface area contributed by atoms with Crippen molar-refractivity contribution in [3.63, 3.8) is 0 Å². The van der Waals surface area contributed by atoms with E-state index < -0.39 is 23.9 Å². The van der Waals surface area contributed by atoms with Crippen molar-refractivity contribution >= 4 is 23.6 Å². The van der Waals surface area contributed by atoms with E-state index in [1.807, 2.05) is 26.1 Å². The second-order valence-corrected chi connectivity index (χ2v) is 10.8. The van der Waals surface area contributed by atoms with Gasteiger partial charge < -0.3 is 19.8 Å². The zero-order valence-electron chi connectivity index (χ0n) is 22.5. The molecule has 37 heavy (non-hydrogen) atoms. The summed E-state index contributed by atoms with van der Waals surface area (Å²) in [5.41, 5.74) is 0. The van der Waals surface area contributed by atoms with Crippen molar-refractivity contribution in [3.05, 3.63) is 25.3 Å². The summed E-state index contributed by atoms with van der Waals surface area (Å²) in [4.78, 5) is 48.9. The van der Waals surface area contributed by atoms with Gasteiger partial charge in [0.2, 0.25) is 5.91 Å². The number of unbranched alkanes of at least 4 members (excludes halogenated alkanes) is 4. The van der Waals surface area contributed by atoms with Crippen LogP contribution in [0.25, 0.3) is 0 Å². The molecule has 1 heterocycles. The second kappa shape index (κ2) is 15.1. The van der Waals surface area contributed by atoms with Crippen LogP contribution in [0, 0.1) is 29.6 Å². The lowest BCUT2D eigenvalue weighted by Gasteiger charge is -2.25. The number of carbonyl (C=O) groups excluding carboxylic acids is 3. The van der Waals surface area contributed by atoms with E-state index in [-0.39, 0.29) is 47.9 Å². The Labute approximate surface area is 221 Å². The van der Waals surface area contributed by atoms with Crippen molar-refractivity contribution in [2.75, 3.05) is 13.6 Å². The minimum atomic E-state index is -0.964. The Bertz CT molecular complexity index is 825. The monoisotopic (exact) mass is 519 g/mol. The number of fused-ring (bicyclic) bond motifs is 2. The Kier molecular flexibility index (Phi) is 12.5. The van der Waals surface area contributed by atoms with E-state index in [1.54, 1.807) is 4.90 Å². The first-order chi connectivity index (χ1) is 17.6. The molecule has 0 aromatic carbocycles. The average molecular weight is 520 g/mol. The third-order valence-corrected chi connectivity index (χ3v) is 7.95. The molecule has 0 aromatic heterocycles. The smallest absolute Gasteiger partial charge is 0.310 e. The fraction of sp³-hybridized carbons (Fsp3) is 0.724. The van der Waals surface area contributed by atoms with Gasteiger partial charge in [-0.25, -0.2) is 0 Å². The first-order valence-electron chi connectivity index (χ1n) is 13.7. The zero-order chi connectivity index (χ0) is 27.5. The SMILES string of the molecule is C=CCCCCC(C)C(=O)[C@@H]1C[C@@H](O)C[C@H]1C(=O)O.C=CCCCCN(C)C(=O)C1CC2CC1C(=O)O2. The van der Waals surface area contributed by atoms with Crippen LogP contribution in [-0.4, -0.2) is 64.5 Å². The van der Waals surface area contributed by atoms with E-state index in [4.69, 9.17) is 9.84 Å². The van der Waals surface area contributed by atoms with Gasteiger partial charge in [0, 0.05) is 25.4 Å². The number of hydrogen-bond donors (Lipinski definition) is 2. The quantitative estimate of drug-likeness (QED) is 0.201. The van der Waals surface area contributed by atoms with Crippen LogP contribution in [0.1, 0.15) is 77.6 Å². The highest BCUT2D eigenvalue weighted by atomic mass is 16.6. The van der Waals surface area contributed by atoms with Gasteiger partial charge in [-0.3, -0.25) is 19.2 Å². The van der Waals surface area contributed by atoms with Crippen molar-refractivity contribution in [3.8, 4) is 0 Å². The molecule has 0 spiro atoms. The summed E-state index contributed by atoms with van der Waals surface area (Å²) < 4.78 is 5.11. The van der Waals surface area contributed by atoms with Crippen molar-refractivity contribution in [2.24, 2.45) is 29.6 Å². The van der Waals surface area contributed by atoms with Gasteiger partial charge in [-0.2, -0.15) is 0 Å². The van der Waals surface area contributed by atoms with Crippen LogP contribution in [0.2, 0.25) is 0 Å². The van der Waals surface area contributed by atoms with E-state index in [2.05, 4.69) is 13.2 Å².